The molecule has 0 saturated carbocycles. The highest BCUT2D eigenvalue weighted by Gasteiger charge is 2.20. The smallest absolute Gasteiger partial charge is 0.270 e. The molecule has 0 saturated heterocycles. The molecule has 0 radical (unpaired) electrons. The lowest BCUT2D eigenvalue weighted by Crippen LogP contribution is -2.17. The van der Waals surface area contributed by atoms with Crippen LogP contribution in [0.1, 0.15) is 17.3 Å². The number of aromatic nitrogens is 2. The maximum absolute atomic E-state index is 12.6. The summed E-state index contributed by atoms with van der Waals surface area (Å²) in [5.74, 6) is 0.107. The molecule has 1 heterocycles. The number of ether oxygens (including phenoxy) is 1. The van der Waals surface area contributed by atoms with E-state index < -0.39 is 10.8 Å². The van der Waals surface area contributed by atoms with Gasteiger partial charge in [-0.25, -0.2) is 4.98 Å². The Balaban J connectivity index is 2.00. The van der Waals surface area contributed by atoms with Crippen LogP contribution in [0, 0.1) is 10.1 Å². The Kier molecular flexibility index (Phi) is 4.34. The zero-order valence-electron chi connectivity index (χ0n) is 13.7. The van der Waals surface area contributed by atoms with Crippen LogP contribution in [0.2, 0.25) is 0 Å². The van der Waals surface area contributed by atoms with Crippen LogP contribution >= 0.6 is 0 Å². The molecule has 0 spiro atoms. The van der Waals surface area contributed by atoms with E-state index in [1.165, 1.54) is 25.3 Å². The molecule has 3 aromatic rings. The molecular formula is C17H16N4O4. The van der Waals surface area contributed by atoms with Gasteiger partial charge in [0.25, 0.3) is 11.6 Å². The van der Waals surface area contributed by atoms with E-state index in [2.05, 4.69) is 10.3 Å². The van der Waals surface area contributed by atoms with Crippen molar-refractivity contribution in [2.45, 2.75) is 13.5 Å². The highest BCUT2D eigenvalue weighted by Crippen LogP contribution is 2.26. The van der Waals surface area contributed by atoms with E-state index in [1.54, 1.807) is 0 Å². The van der Waals surface area contributed by atoms with Gasteiger partial charge in [0.2, 0.25) is 5.95 Å². The van der Waals surface area contributed by atoms with Crippen LogP contribution < -0.4 is 10.1 Å². The number of non-ortho nitro benzene ring substituents is 1. The number of methoxy groups -OCH3 is 1. The van der Waals surface area contributed by atoms with Crippen molar-refractivity contribution in [3.05, 3.63) is 58.1 Å². The molecule has 0 atom stereocenters. The summed E-state index contributed by atoms with van der Waals surface area (Å²) < 4.78 is 7.00. The summed E-state index contributed by atoms with van der Waals surface area (Å²) in [7, 11) is 1.40. The summed E-state index contributed by atoms with van der Waals surface area (Å²) in [5, 5.41) is 13.7. The third kappa shape index (κ3) is 3.01. The first-order valence-corrected chi connectivity index (χ1v) is 7.64. The topological polar surface area (TPSA) is 99.3 Å². The largest absolute Gasteiger partial charge is 0.496 e. The highest BCUT2D eigenvalue weighted by atomic mass is 16.6. The van der Waals surface area contributed by atoms with Gasteiger partial charge in [0.05, 0.1) is 28.6 Å². The SMILES string of the molecule is CCn1c(NC(=O)c2cc([N+](=O)[O-])ccc2OC)nc2ccccc21. The first-order valence-electron chi connectivity index (χ1n) is 7.64. The quantitative estimate of drug-likeness (QED) is 0.568. The molecule has 0 aliphatic carbocycles. The summed E-state index contributed by atoms with van der Waals surface area (Å²) in [6.45, 7) is 2.56. The number of benzene rings is 2. The van der Waals surface area contributed by atoms with Crippen molar-refractivity contribution in [3.8, 4) is 5.75 Å². The fourth-order valence-corrected chi connectivity index (χ4v) is 2.65. The number of amides is 1. The number of rotatable bonds is 5. The molecule has 128 valence electrons. The summed E-state index contributed by atoms with van der Waals surface area (Å²) in [6, 6.07) is 11.4. The third-order valence-corrected chi connectivity index (χ3v) is 3.83. The molecule has 3 rings (SSSR count). The monoisotopic (exact) mass is 340 g/mol. The van der Waals surface area contributed by atoms with Gasteiger partial charge in [0.1, 0.15) is 5.75 Å². The van der Waals surface area contributed by atoms with Crippen molar-refractivity contribution in [3.63, 3.8) is 0 Å². The molecule has 0 aliphatic heterocycles. The van der Waals surface area contributed by atoms with Crippen LogP contribution in [-0.2, 0) is 6.54 Å². The van der Waals surface area contributed by atoms with Crippen LogP contribution in [0.4, 0.5) is 11.6 Å². The molecule has 0 unspecified atom stereocenters. The molecule has 1 amide bonds. The number of nitrogens with zero attached hydrogens (tertiary/aromatic N) is 3. The number of para-hydroxylation sites is 2. The van der Waals surface area contributed by atoms with Crippen molar-refractivity contribution in [2.75, 3.05) is 12.4 Å². The normalized spacial score (nSPS) is 10.6. The number of hydrogen-bond acceptors (Lipinski definition) is 5. The van der Waals surface area contributed by atoms with Gasteiger partial charge in [-0.2, -0.15) is 0 Å². The Labute approximate surface area is 143 Å². The lowest BCUT2D eigenvalue weighted by molar-refractivity contribution is -0.384. The lowest BCUT2D eigenvalue weighted by atomic mass is 10.1. The van der Waals surface area contributed by atoms with Gasteiger partial charge in [-0.1, -0.05) is 12.1 Å². The van der Waals surface area contributed by atoms with E-state index in [0.29, 0.717) is 12.5 Å². The minimum Gasteiger partial charge on any atom is -0.496 e. The minimum atomic E-state index is -0.558. The predicted octanol–water partition coefficient (Wildman–Crippen LogP) is 3.23. The van der Waals surface area contributed by atoms with E-state index in [0.717, 1.165) is 11.0 Å². The van der Waals surface area contributed by atoms with Gasteiger partial charge in [0, 0.05) is 18.7 Å². The number of nitro benzene ring substituents is 1. The zero-order chi connectivity index (χ0) is 18.0. The van der Waals surface area contributed by atoms with Gasteiger partial charge in [0.15, 0.2) is 0 Å². The molecule has 1 aromatic heterocycles. The number of anilines is 1. The fourth-order valence-electron chi connectivity index (χ4n) is 2.65. The standard InChI is InChI=1S/C17H16N4O4/c1-3-20-14-7-5-4-6-13(14)18-17(20)19-16(22)12-10-11(21(23)24)8-9-15(12)25-2/h4-10H,3H2,1-2H3,(H,18,19,22). The van der Waals surface area contributed by atoms with Crippen molar-refractivity contribution in [2.24, 2.45) is 0 Å². The van der Waals surface area contributed by atoms with E-state index >= 15 is 0 Å². The van der Waals surface area contributed by atoms with Gasteiger partial charge in [-0.3, -0.25) is 20.2 Å². The van der Waals surface area contributed by atoms with Crippen molar-refractivity contribution in [1.82, 2.24) is 9.55 Å². The summed E-state index contributed by atoms with van der Waals surface area (Å²) in [6.07, 6.45) is 0. The predicted molar refractivity (Wildman–Crippen MR) is 93.0 cm³/mol. The van der Waals surface area contributed by atoms with E-state index in [1.807, 2.05) is 35.8 Å². The van der Waals surface area contributed by atoms with E-state index in [-0.39, 0.29) is 17.0 Å². The summed E-state index contributed by atoms with van der Waals surface area (Å²) >= 11 is 0. The van der Waals surface area contributed by atoms with Crippen LogP contribution in [0.3, 0.4) is 0 Å². The second-order valence-electron chi connectivity index (χ2n) is 5.26. The first kappa shape index (κ1) is 16.4. The van der Waals surface area contributed by atoms with E-state index in [4.69, 9.17) is 4.74 Å². The first-order chi connectivity index (χ1) is 12.0. The number of carbonyl (C=O) groups excluding carboxylic acids is 1. The van der Waals surface area contributed by atoms with Crippen LogP contribution in [0.15, 0.2) is 42.5 Å². The maximum Gasteiger partial charge on any atom is 0.270 e. The van der Waals surface area contributed by atoms with Crippen molar-refractivity contribution in [1.29, 1.82) is 0 Å². The Bertz CT molecular complexity index is 964. The number of imidazole rings is 1. The molecule has 2 aromatic carbocycles. The van der Waals surface area contributed by atoms with Crippen molar-refractivity contribution < 1.29 is 14.5 Å². The Morgan fingerprint density at radius 2 is 2.08 bits per heavy atom. The lowest BCUT2D eigenvalue weighted by Gasteiger charge is -2.10. The van der Waals surface area contributed by atoms with Crippen LogP contribution in [-0.4, -0.2) is 27.5 Å². The van der Waals surface area contributed by atoms with Crippen LogP contribution in [0.5, 0.6) is 5.75 Å². The zero-order valence-corrected chi connectivity index (χ0v) is 13.7. The number of aryl methyl sites for hydroxylation is 1. The molecule has 25 heavy (non-hydrogen) atoms. The molecular weight excluding hydrogens is 324 g/mol. The van der Waals surface area contributed by atoms with Gasteiger partial charge in [-0.05, 0) is 25.1 Å². The Morgan fingerprint density at radius 1 is 1.32 bits per heavy atom. The highest BCUT2D eigenvalue weighted by molar-refractivity contribution is 6.06. The Morgan fingerprint density at radius 3 is 2.76 bits per heavy atom. The maximum atomic E-state index is 12.6. The average Bonchev–Trinajstić information content (AvgIpc) is 2.97. The minimum absolute atomic E-state index is 0.0754. The summed E-state index contributed by atoms with van der Waals surface area (Å²) in [5.41, 5.74) is 1.54. The second kappa shape index (κ2) is 6.60. The van der Waals surface area contributed by atoms with Gasteiger partial charge >= 0.3 is 0 Å². The van der Waals surface area contributed by atoms with Gasteiger partial charge in [-0.15, -0.1) is 0 Å². The molecule has 8 nitrogen and oxygen atoms in total. The number of carbonyl (C=O) groups is 1. The Hall–Kier alpha value is -3.42. The third-order valence-electron chi connectivity index (χ3n) is 3.83. The van der Waals surface area contributed by atoms with E-state index in [9.17, 15) is 14.9 Å². The van der Waals surface area contributed by atoms with Crippen molar-refractivity contribution >= 4 is 28.6 Å². The molecule has 0 bridgehead atoms. The molecule has 0 fully saturated rings. The molecule has 8 heteroatoms. The number of hydrogen-bond donors (Lipinski definition) is 1. The number of nitrogens with one attached hydrogen (secondary N) is 1. The molecule has 1 N–H and O–H groups in total. The number of fused-ring (bicyclic) bond motifs is 1. The number of nitro groups is 1. The average molecular weight is 340 g/mol. The molecule has 0 aliphatic rings. The van der Waals surface area contributed by atoms with Crippen LogP contribution in [0.25, 0.3) is 11.0 Å². The summed E-state index contributed by atoms with van der Waals surface area (Å²) in [4.78, 5) is 27.5. The fraction of sp³-hybridized carbons (Fsp3) is 0.176. The second-order valence-corrected chi connectivity index (χ2v) is 5.26. The van der Waals surface area contributed by atoms with Gasteiger partial charge < -0.3 is 9.30 Å².